The van der Waals surface area contributed by atoms with Gasteiger partial charge in [0.25, 0.3) is 0 Å². The minimum Gasteiger partial charge on any atom is -0.306 e. The van der Waals surface area contributed by atoms with Gasteiger partial charge in [-0.25, -0.2) is 0 Å². The lowest BCUT2D eigenvalue weighted by Crippen LogP contribution is -1.99. The van der Waals surface area contributed by atoms with Gasteiger partial charge in [0.05, 0.1) is 5.71 Å². The highest BCUT2D eigenvalue weighted by Gasteiger charge is 1.99. The second kappa shape index (κ2) is 3.10. The fourth-order valence-corrected chi connectivity index (χ4v) is 0.856. The summed E-state index contributed by atoms with van der Waals surface area (Å²) >= 11 is 0. The largest absolute Gasteiger partial charge is 0.306 e. The van der Waals surface area contributed by atoms with Gasteiger partial charge in [-0.05, 0) is 19.1 Å². The number of rotatable bonds is 1. The third-order valence-electron chi connectivity index (χ3n) is 1.33. The molecule has 1 aliphatic rings. The predicted octanol–water partition coefficient (Wildman–Crippen LogP) is 2.10. The Morgan fingerprint density at radius 3 is 2.55 bits per heavy atom. The van der Waals surface area contributed by atoms with Crippen molar-refractivity contribution in [2.24, 2.45) is 0 Å². The lowest BCUT2D eigenvalue weighted by Gasteiger charge is -2.02. The Kier molecular flexibility index (Phi) is 2.16. The van der Waals surface area contributed by atoms with Crippen molar-refractivity contribution in [1.82, 2.24) is 0 Å². The molecule has 0 saturated heterocycles. The molecule has 2 N–H and O–H groups in total. The van der Waals surface area contributed by atoms with Crippen molar-refractivity contribution in [3.63, 3.8) is 0 Å². The highest BCUT2D eigenvalue weighted by Crippen LogP contribution is 2.06. The zero-order valence-electron chi connectivity index (χ0n) is 6.39. The molecular formula is C9H10N2. The molecule has 0 radical (unpaired) electrons. The lowest BCUT2D eigenvalue weighted by molar-refractivity contribution is 1.47. The highest BCUT2D eigenvalue weighted by molar-refractivity contribution is 6.12. The van der Waals surface area contributed by atoms with E-state index in [2.05, 4.69) is 0 Å². The average molecular weight is 146 g/mol. The molecule has 1 aliphatic carbocycles. The van der Waals surface area contributed by atoms with Crippen molar-refractivity contribution in [3.8, 4) is 0 Å². The molecule has 0 spiro atoms. The van der Waals surface area contributed by atoms with Crippen LogP contribution in [0.4, 0.5) is 0 Å². The van der Waals surface area contributed by atoms with E-state index in [9.17, 15) is 0 Å². The van der Waals surface area contributed by atoms with Gasteiger partial charge in [0.15, 0.2) is 0 Å². The van der Waals surface area contributed by atoms with E-state index < -0.39 is 0 Å². The third-order valence-corrected chi connectivity index (χ3v) is 1.33. The lowest BCUT2D eigenvalue weighted by atomic mass is 10.0. The third kappa shape index (κ3) is 2.00. The van der Waals surface area contributed by atoms with Gasteiger partial charge in [-0.3, -0.25) is 0 Å². The molecule has 2 nitrogen and oxygen atoms in total. The maximum Gasteiger partial charge on any atom is 0.0612 e. The van der Waals surface area contributed by atoms with Crippen LogP contribution in [-0.4, -0.2) is 11.4 Å². The molecule has 0 amide bonds. The molecule has 0 unspecified atom stereocenters. The molecule has 56 valence electrons. The van der Waals surface area contributed by atoms with E-state index in [1.54, 1.807) is 19.1 Å². The van der Waals surface area contributed by atoms with Gasteiger partial charge in [-0.15, -0.1) is 0 Å². The summed E-state index contributed by atoms with van der Waals surface area (Å²) in [6, 6.07) is 0. The first-order chi connectivity index (χ1) is 5.20. The maximum absolute atomic E-state index is 7.44. The van der Waals surface area contributed by atoms with E-state index in [1.165, 1.54) is 0 Å². The quantitative estimate of drug-likeness (QED) is 0.532. The van der Waals surface area contributed by atoms with Crippen molar-refractivity contribution in [1.29, 1.82) is 10.8 Å². The monoisotopic (exact) mass is 146 g/mol. The van der Waals surface area contributed by atoms with Gasteiger partial charge in [-0.1, -0.05) is 18.2 Å². The Labute approximate surface area is 66.0 Å². The van der Waals surface area contributed by atoms with Crippen LogP contribution in [0.5, 0.6) is 0 Å². The van der Waals surface area contributed by atoms with Gasteiger partial charge in [0.2, 0.25) is 0 Å². The molecule has 0 aromatic carbocycles. The Morgan fingerprint density at radius 2 is 2.00 bits per heavy atom. The zero-order chi connectivity index (χ0) is 8.27. The van der Waals surface area contributed by atoms with E-state index >= 15 is 0 Å². The molecular weight excluding hydrogens is 136 g/mol. The summed E-state index contributed by atoms with van der Waals surface area (Å²) in [7, 11) is 0. The van der Waals surface area contributed by atoms with E-state index in [0.29, 0.717) is 11.4 Å². The molecule has 0 aliphatic heterocycles. The van der Waals surface area contributed by atoms with Crippen LogP contribution in [0, 0.1) is 10.8 Å². The van der Waals surface area contributed by atoms with Gasteiger partial charge in [0.1, 0.15) is 0 Å². The first-order valence-electron chi connectivity index (χ1n) is 3.40. The first kappa shape index (κ1) is 7.66. The second-order valence-corrected chi connectivity index (χ2v) is 2.41. The Balaban J connectivity index is 2.90. The fourth-order valence-electron chi connectivity index (χ4n) is 0.856. The summed E-state index contributed by atoms with van der Waals surface area (Å²) in [5.41, 5.74) is 1.75. The second-order valence-electron chi connectivity index (χ2n) is 2.41. The molecule has 0 atom stereocenters. The Bertz CT molecular complexity index is 280. The van der Waals surface area contributed by atoms with Crippen molar-refractivity contribution in [2.75, 3.05) is 0 Å². The molecule has 0 aromatic rings. The van der Waals surface area contributed by atoms with Crippen LogP contribution in [0.15, 0.2) is 36.0 Å². The summed E-state index contributed by atoms with van der Waals surface area (Å²) in [6.07, 6.45) is 8.92. The van der Waals surface area contributed by atoms with E-state index in [1.807, 2.05) is 18.2 Å². The summed E-state index contributed by atoms with van der Waals surface area (Å²) < 4.78 is 0. The number of hydrogen-bond acceptors (Lipinski definition) is 2. The van der Waals surface area contributed by atoms with E-state index in [4.69, 9.17) is 10.8 Å². The molecule has 0 fully saturated rings. The smallest absolute Gasteiger partial charge is 0.0612 e. The normalized spacial score (nSPS) is 19.4. The first-order valence-corrected chi connectivity index (χ1v) is 3.40. The molecule has 0 heterocycles. The van der Waals surface area contributed by atoms with Gasteiger partial charge in [0, 0.05) is 11.3 Å². The minimum absolute atomic E-state index is 0.471. The van der Waals surface area contributed by atoms with E-state index in [-0.39, 0.29) is 0 Å². The van der Waals surface area contributed by atoms with Crippen LogP contribution in [0.1, 0.15) is 6.92 Å². The highest BCUT2D eigenvalue weighted by atomic mass is 14.4. The standard InChI is InChI=1S/C9H10N2/c1-7(10)6-8-4-2-3-5-9(8)11/h2-6,10-11H,1H3/b8-6-,10-7?,11-9?. The average Bonchev–Trinajstić information content (AvgIpc) is 1.93. The maximum atomic E-state index is 7.44. The molecule has 0 bridgehead atoms. The Morgan fingerprint density at radius 1 is 1.36 bits per heavy atom. The van der Waals surface area contributed by atoms with Crippen LogP contribution < -0.4 is 0 Å². The predicted molar refractivity (Wildman–Crippen MR) is 47.5 cm³/mol. The van der Waals surface area contributed by atoms with Gasteiger partial charge < -0.3 is 10.8 Å². The molecule has 0 saturated carbocycles. The Hall–Kier alpha value is -1.44. The molecule has 1 rings (SSSR count). The van der Waals surface area contributed by atoms with Crippen LogP contribution >= 0.6 is 0 Å². The fraction of sp³-hybridized carbons (Fsp3) is 0.111. The SMILES string of the molecule is CC(=N)/C=C1/C=CC=CC1=N. The van der Waals surface area contributed by atoms with Crippen molar-refractivity contribution in [2.45, 2.75) is 6.92 Å². The topological polar surface area (TPSA) is 47.7 Å². The summed E-state index contributed by atoms with van der Waals surface area (Å²) in [4.78, 5) is 0. The van der Waals surface area contributed by atoms with Crippen molar-refractivity contribution < 1.29 is 0 Å². The molecule has 11 heavy (non-hydrogen) atoms. The summed E-state index contributed by atoms with van der Waals surface area (Å²) in [5.74, 6) is 0. The minimum atomic E-state index is 0.471. The van der Waals surface area contributed by atoms with Crippen LogP contribution in [0.2, 0.25) is 0 Å². The summed E-state index contributed by atoms with van der Waals surface area (Å²) in [6.45, 7) is 1.70. The van der Waals surface area contributed by atoms with E-state index in [0.717, 1.165) is 5.57 Å². The zero-order valence-corrected chi connectivity index (χ0v) is 6.39. The van der Waals surface area contributed by atoms with Crippen LogP contribution in [0.3, 0.4) is 0 Å². The molecule has 2 heteroatoms. The van der Waals surface area contributed by atoms with Gasteiger partial charge >= 0.3 is 0 Å². The van der Waals surface area contributed by atoms with Gasteiger partial charge in [-0.2, -0.15) is 0 Å². The van der Waals surface area contributed by atoms with Crippen molar-refractivity contribution in [3.05, 3.63) is 36.0 Å². The van der Waals surface area contributed by atoms with Crippen LogP contribution in [0.25, 0.3) is 0 Å². The molecule has 0 aromatic heterocycles. The van der Waals surface area contributed by atoms with Crippen LogP contribution in [-0.2, 0) is 0 Å². The van der Waals surface area contributed by atoms with Crippen molar-refractivity contribution >= 4 is 11.4 Å². The number of nitrogens with one attached hydrogen (secondary N) is 2. The summed E-state index contributed by atoms with van der Waals surface area (Å²) in [5, 5.41) is 14.6. The number of hydrogen-bond donors (Lipinski definition) is 2. The number of allylic oxidation sites excluding steroid dienone is 6.